The van der Waals surface area contributed by atoms with Crippen LogP contribution in [-0.2, 0) is 6.42 Å². The molecule has 0 spiro atoms. The second kappa shape index (κ2) is 7.70. The summed E-state index contributed by atoms with van der Waals surface area (Å²) in [5.74, 6) is 0.494. The molecule has 8 nitrogen and oxygen atoms in total. The minimum Gasteiger partial charge on any atom is -0.390 e. The van der Waals surface area contributed by atoms with Crippen LogP contribution < -0.4 is 5.73 Å². The first-order valence-electron chi connectivity index (χ1n) is 10.5. The van der Waals surface area contributed by atoms with E-state index < -0.39 is 12.2 Å². The lowest BCUT2D eigenvalue weighted by atomic mass is 9.96. The molecule has 30 heavy (non-hydrogen) atoms. The molecular formula is C22H26N6O2. The molecule has 0 radical (unpaired) electrons. The standard InChI is InChI=1S/C22H26N6O2/c23-21-16-6-9-28(22(16)26-13-25-21)17-12-15(19(29)20(17)30)4-2-1-3-14-5-8-27-10-7-24-18(27)11-14/h5-11,13,15,17,19-20,29-30H,1-4,12H2,(H2,23,25,26)/t15?,17-,19-,20+/m1/s1. The summed E-state index contributed by atoms with van der Waals surface area (Å²) in [4.78, 5) is 12.7. The molecule has 156 valence electrons. The number of pyridine rings is 1. The number of nitrogens with zero attached hydrogens (tertiary/aromatic N) is 5. The lowest BCUT2D eigenvalue weighted by Crippen LogP contribution is -2.29. The second-order valence-corrected chi connectivity index (χ2v) is 8.24. The lowest BCUT2D eigenvalue weighted by molar-refractivity contribution is 0.00502. The number of aromatic nitrogens is 5. The van der Waals surface area contributed by atoms with E-state index >= 15 is 0 Å². The first-order valence-corrected chi connectivity index (χ1v) is 10.5. The third kappa shape index (κ3) is 3.32. The Labute approximate surface area is 174 Å². The van der Waals surface area contributed by atoms with Crippen LogP contribution in [0.1, 0.15) is 37.3 Å². The van der Waals surface area contributed by atoms with E-state index in [0.717, 1.165) is 43.1 Å². The second-order valence-electron chi connectivity index (χ2n) is 8.24. The van der Waals surface area contributed by atoms with Crippen LogP contribution in [0, 0.1) is 5.92 Å². The minimum atomic E-state index is -0.815. The molecule has 0 aliphatic heterocycles. The fraction of sp³-hybridized carbons (Fsp3) is 0.409. The Kier molecular flexibility index (Phi) is 4.88. The summed E-state index contributed by atoms with van der Waals surface area (Å²) in [6, 6.07) is 5.91. The number of unbranched alkanes of at least 4 members (excludes halogenated alkanes) is 1. The third-order valence-electron chi connectivity index (χ3n) is 6.42. The number of aliphatic hydroxyl groups is 2. The number of hydrogen-bond acceptors (Lipinski definition) is 6. The maximum Gasteiger partial charge on any atom is 0.145 e. The zero-order chi connectivity index (χ0) is 20.7. The fourth-order valence-corrected chi connectivity index (χ4v) is 4.76. The van der Waals surface area contributed by atoms with E-state index in [2.05, 4.69) is 27.1 Å². The van der Waals surface area contributed by atoms with Gasteiger partial charge in [-0.05, 0) is 55.4 Å². The molecular weight excluding hydrogens is 380 g/mol. The van der Waals surface area contributed by atoms with Gasteiger partial charge in [-0.25, -0.2) is 15.0 Å². The van der Waals surface area contributed by atoms with Crippen LogP contribution in [0.4, 0.5) is 5.82 Å². The Balaban J connectivity index is 1.21. The van der Waals surface area contributed by atoms with Crippen LogP contribution in [0.25, 0.3) is 16.7 Å². The SMILES string of the molecule is Nc1ncnc2c1ccn2[C@@H]1CC(CCCCc2ccn3ccnc3c2)[C@@H](O)[C@H]1O. The number of anilines is 1. The quantitative estimate of drug-likeness (QED) is 0.424. The number of nitrogens with two attached hydrogens (primary N) is 1. The lowest BCUT2D eigenvalue weighted by Gasteiger charge is -2.19. The number of imidazole rings is 1. The molecule has 1 fully saturated rings. The van der Waals surface area contributed by atoms with E-state index in [1.807, 2.05) is 33.6 Å². The number of aliphatic hydroxyl groups excluding tert-OH is 2. The fourth-order valence-electron chi connectivity index (χ4n) is 4.76. The average Bonchev–Trinajstić information content (AvgIpc) is 3.45. The van der Waals surface area contributed by atoms with Crippen molar-refractivity contribution in [3.05, 3.63) is 54.9 Å². The van der Waals surface area contributed by atoms with Crippen LogP contribution in [0.5, 0.6) is 0 Å². The molecule has 1 unspecified atom stereocenters. The summed E-state index contributed by atoms with van der Waals surface area (Å²) in [6.45, 7) is 0. The predicted octanol–water partition coefficient (Wildman–Crippen LogP) is 2.36. The summed E-state index contributed by atoms with van der Waals surface area (Å²) in [5.41, 5.74) is 8.87. The van der Waals surface area contributed by atoms with E-state index in [1.165, 1.54) is 11.9 Å². The summed E-state index contributed by atoms with van der Waals surface area (Å²) < 4.78 is 3.93. The molecule has 0 aromatic carbocycles. The molecule has 4 aromatic heterocycles. The van der Waals surface area contributed by atoms with Crippen molar-refractivity contribution in [3.8, 4) is 0 Å². The van der Waals surface area contributed by atoms with Crippen molar-refractivity contribution in [2.75, 3.05) is 5.73 Å². The molecule has 1 aliphatic carbocycles. The van der Waals surface area contributed by atoms with Gasteiger partial charge in [-0.15, -0.1) is 0 Å². The Morgan fingerprint density at radius 3 is 2.83 bits per heavy atom. The first kappa shape index (κ1) is 19.0. The highest BCUT2D eigenvalue weighted by Gasteiger charge is 2.42. The molecule has 0 bridgehead atoms. The highest BCUT2D eigenvalue weighted by atomic mass is 16.3. The molecule has 0 saturated heterocycles. The van der Waals surface area contributed by atoms with Crippen molar-refractivity contribution < 1.29 is 10.2 Å². The van der Waals surface area contributed by atoms with E-state index in [1.54, 1.807) is 6.20 Å². The summed E-state index contributed by atoms with van der Waals surface area (Å²) in [7, 11) is 0. The molecule has 8 heteroatoms. The highest BCUT2D eigenvalue weighted by Crippen LogP contribution is 2.39. The van der Waals surface area contributed by atoms with Crippen LogP contribution in [0.2, 0.25) is 0 Å². The highest BCUT2D eigenvalue weighted by molar-refractivity contribution is 5.86. The van der Waals surface area contributed by atoms with Crippen molar-refractivity contribution in [1.82, 2.24) is 23.9 Å². The van der Waals surface area contributed by atoms with Gasteiger partial charge in [-0.1, -0.05) is 6.42 Å². The molecule has 0 amide bonds. The van der Waals surface area contributed by atoms with Gasteiger partial charge in [0.05, 0.1) is 17.5 Å². The van der Waals surface area contributed by atoms with Gasteiger partial charge in [-0.3, -0.25) is 0 Å². The van der Waals surface area contributed by atoms with Crippen molar-refractivity contribution in [2.45, 2.75) is 50.4 Å². The molecule has 4 heterocycles. The third-order valence-corrected chi connectivity index (χ3v) is 6.42. The van der Waals surface area contributed by atoms with Crippen molar-refractivity contribution in [1.29, 1.82) is 0 Å². The molecule has 5 rings (SSSR count). The monoisotopic (exact) mass is 406 g/mol. The van der Waals surface area contributed by atoms with Gasteiger partial charge in [0.1, 0.15) is 29.5 Å². The van der Waals surface area contributed by atoms with Gasteiger partial charge in [0.15, 0.2) is 0 Å². The molecule has 4 atom stereocenters. The largest absolute Gasteiger partial charge is 0.390 e. The normalized spacial score (nSPS) is 24.2. The van der Waals surface area contributed by atoms with E-state index in [-0.39, 0.29) is 12.0 Å². The maximum atomic E-state index is 10.7. The van der Waals surface area contributed by atoms with Crippen LogP contribution in [0.15, 0.2) is 49.3 Å². The van der Waals surface area contributed by atoms with Crippen molar-refractivity contribution >= 4 is 22.5 Å². The average molecular weight is 406 g/mol. The molecule has 4 aromatic rings. The number of aryl methyl sites for hydroxylation is 1. The Bertz CT molecular complexity index is 1170. The summed E-state index contributed by atoms with van der Waals surface area (Å²) in [5, 5.41) is 22.1. The van der Waals surface area contributed by atoms with Gasteiger partial charge >= 0.3 is 0 Å². The van der Waals surface area contributed by atoms with E-state index in [0.29, 0.717) is 11.5 Å². The van der Waals surface area contributed by atoms with E-state index in [9.17, 15) is 10.2 Å². The summed E-state index contributed by atoms with van der Waals surface area (Å²) in [6.07, 6.45) is 12.2. The number of hydrogen-bond donors (Lipinski definition) is 3. The van der Waals surface area contributed by atoms with Gasteiger partial charge < -0.3 is 24.9 Å². The van der Waals surface area contributed by atoms with Crippen LogP contribution in [-0.4, -0.2) is 46.3 Å². The van der Waals surface area contributed by atoms with Gasteiger partial charge in [0.25, 0.3) is 0 Å². The Morgan fingerprint density at radius 2 is 1.93 bits per heavy atom. The van der Waals surface area contributed by atoms with Crippen LogP contribution in [0.3, 0.4) is 0 Å². The zero-order valence-corrected chi connectivity index (χ0v) is 16.7. The molecule has 4 N–H and O–H groups in total. The first-order chi connectivity index (χ1) is 14.6. The number of fused-ring (bicyclic) bond motifs is 2. The number of rotatable bonds is 6. The molecule has 1 aliphatic rings. The van der Waals surface area contributed by atoms with Gasteiger partial charge in [0, 0.05) is 24.8 Å². The molecule has 1 saturated carbocycles. The number of nitrogen functional groups attached to an aromatic ring is 1. The van der Waals surface area contributed by atoms with Crippen LogP contribution >= 0.6 is 0 Å². The van der Waals surface area contributed by atoms with Crippen molar-refractivity contribution in [2.24, 2.45) is 5.92 Å². The predicted molar refractivity (Wildman–Crippen MR) is 114 cm³/mol. The Morgan fingerprint density at radius 1 is 1.03 bits per heavy atom. The van der Waals surface area contributed by atoms with Gasteiger partial charge in [-0.2, -0.15) is 0 Å². The van der Waals surface area contributed by atoms with E-state index in [4.69, 9.17) is 5.73 Å². The minimum absolute atomic E-state index is 0.0661. The zero-order valence-electron chi connectivity index (χ0n) is 16.7. The van der Waals surface area contributed by atoms with Crippen molar-refractivity contribution in [3.63, 3.8) is 0 Å². The van der Waals surface area contributed by atoms with Gasteiger partial charge in [0.2, 0.25) is 0 Å². The summed E-state index contributed by atoms with van der Waals surface area (Å²) >= 11 is 0. The maximum absolute atomic E-state index is 10.7. The topological polar surface area (TPSA) is 114 Å². The Hall–Kier alpha value is -2.97. The smallest absolute Gasteiger partial charge is 0.145 e.